The molecule has 3 aromatic rings. The lowest BCUT2D eigenvalue weighted by Gasteiger charge is -2.24. The number of carbonyl (C=O) groups excluding carboxylic acids is 1. The summed E-state index contributed by atoms with van der Waals surface area (Å²) in [7, 11) is 1.84. The maximum absolute atomic E-state index is 13.0. The minimum absolute atomic E-state index is 0.0689. The van der Waals surface area contributed by atoms with Gasteiger partial charge in [0.1, 0.15) is 11.4 Å². The van der Waals surface area contributed by atoms with Crippen LogP contribution in [0.15, 0.2) is 23.0 Å². The minimum atomic E-state index is -0.405. The van der Waals surface area contributed by atoms with Gasteiger partial charge in [-0.25, -0.2) is 9.97 Å². The topological polar surface area (TPSA) is 143 Å². The predicted octanol–water partition coefficient (Wildman–Crippen LogP) is 0.832. The second-order valence-electron chi connectivity index (χ2n) is 8.43. The molecule has 0 aliphatic carbocycles. The molecule has 2 fully saturated rings. The SMILES string of the molecule is Cn1cncc1-c1nc(OCC2CCOCC2)cc(C(=O)NCc2nnc(N3CCOCC3)o2)n1. The zero-order valence-electron chi connectivity index (χ0n) is 19.6. The summed E-state index contributed by atoms with van der Waals surface area (Å²) in [4.78, 5) is 28.0. The summed E-state index contributed by atoms with van der Waals surface area (Å²) in [5, 5.41) is 10.9. The van der Waals surface area contributed by atoms with Crippen LogP contribution in [0.1, 0.15) is 29.2 Å². The monoisotopic (exact) mass is 484 g/mol. The summed E-state index contributed by atoms with van der Waals surface area (Å²) < 4.78 is 24.2. The highest BCUT2D eigenvalue weighted by atomic mass is 16.5. The number of nitrogens with zero attached hydrogens (tertiary/aromatic N) is 7. The van der Waals surface area contributed by atoms with Gasteiger partial charge in [-0.2, -0.15) is 4.98 Å². The van der Waals surface area contributed by atoms with Crippen molar-refractivity contribution < 1.29 is 23.4 Å². The largest absolute Gasteiger partial charge is 0.477 e. The van der Waals surface area contributed by atoms with Crippen molar-refractivity contribution in [2.24, 2.45) is 13.0 Å². The van der Waals surface area contributed by atoms with Gasteiger partial charge in [-0.1, -0.05) is 5.10 Å². The third kappa shape index (κ3) is 5.74. The lowest BCUT2D eigenvalue weighted by molar-refractivity contribution is 0.0490. The molecular formula is C22H28N8O5. The van der Waals surface area contributed by atoms with Crippen molar-refractivity contribution in [2.75, 3.05) is 51.0 Å². The summed E-state index contributed by atoms with van der Waals surface area (Å²) in [6.07, 6.45) is 5.16. The zero-order chi connectivity index (χ0) is 24.0. The maximum Gasteiger partial charge on any atom is 0.318 e. The fourth-order valence-corrected chi connectivity index (χ4v) is 3.86. The van der Waals surface area contributed by atoms with Gasteiger partial charge in [0.15, 0.2) is 5.82 Å². The highest BCUT2D eigenvalue weighted by molar-refractivity contribution is 5.92. The van der Waals surface area contributed by atoms with E-state index >= 15 is 0 Å². The number of nitrogens with one attached hydrogen (secondary N) is 1. The van der Waals surface area contributed by atoms with Crippen LogP contribution >= 0.6 is 0 Å². The number of aryl methyl sites for hydroxylation is 1. The molecule has 0 aromatic carbocycles. The average molecular weight is 485 g/mol. The third-order valence-corrected chi connectivity index (χ3v) is 5.93. The fraction of sp³-hybridized carbons (Fsp3) is 0.545. The second-order valence-corrected chi connectivity index (χ2v) is 8.43. The molecule has 186 valence electrons. The van der Waals surface area contributed by atoms with Crippen LogP contribution < -0.4 is 15.0 Å². The van der Waals surface area contributed by atoms with Gasteiger partial charge < -0.3 is 33.4 Å². The van der Waals surface area contributed by atoms with E-state index in [2.05, 4.69) is 30.5 Å². The summed E-state index contributed by atoms with van der Waals surface area (Å²) in [5.41, 5.74) is 0.841. The molecular weight excluding hydrogens is 456 g/mol. The number of ether oxygens (including phenoxy) is 3. The van der Waals surface area contributed by atoms with E-state index < -0.39 is 5.91 Å². The van der Waals surface area contributed by atoms with Crippen LogP contribution in [0.4, 0.5) is 6.01 Å². The van der Waals surface area contributed by atoms with Gasteiger partial charge in [0.2, 0.25) is 11.8 Å². The number of hydrogen-bond acceptors (Lipinski definition) is 11. The molecule has 13 heteroatoms. The Bertz CT molecular complexity index is 1140. The van der Waals surface area contributed by atoms with Crippen molar-refractivity contribution in [3.63, 3.8) is 0 Å². The first-order valence-electron chi connectivity index (χ1n) is 11.7. The number of amides is 1. The van der Waals surface area contributed by atoms with Gasteiger partial charge >= 0.3 is 6.01 Å². The Kier molecular flexibility index (Phi) is 7.14. The van der Waals surface area contributed by atoms with Crippen molar-refractivity contribution in [1.82, 2.24) is 35.0 Å². The zero-order valence-corrected chi connectivity index (χ0v) is 19.6. The van der Waals surface area contributed by atoms with Gasteiger partial charge in [-0.15, -0.1) is 5.10 Å². The molecule has 2 aliphatic rings. The normalized spacial score (nSPS) is 16.9. The molecule has 5 rings (SSSR count). The van der Waals surface area contributed by atoms with Crippen LogP contribution in [0.5, 0.6) is 5.88 Å². The van der Waals surface area contributed by atoms with E-state index in [9.17, 15) is 4.79 Å². The van der Waals surface area contributed by atoms with E-state index in [1.165, 1.54) is 0 Å². The molecule has 0 unspecified atom stereocenters. The van der Waals surface area contributed by atoms with E-state index in [1.54, 1.807) is 23.2 Å². The van der Waals surface area contributed by atoms with Crippen molar-refractivity contribution in [3.8, 4) is 17.4 Å². The molecule has 35 heavy (non-hydrogen) atoms. The van der Waals surface area contributed by atoms with E-state index in [0.29, 0.717) is 68.1 Å². The molecule has 0 radical (unpaired) electrons. The highest BCUT2D eigenvalue weighted by Gasteiger charge is 2.20. The molecule has 0 bridgehead atoms. The first kappa shape index (κ1) is 23.2. The number of imidazole rings is 1. The summed E-state index contributed by atoms with van der Waals surface area (Å²) >= 11 is 0. The number of carbonyl (C=O) groups is 1. The Hall–Kier alpha value is -3.58. The van der Waals surface area contributed by atoms with Crippen LogP contribution in [0.25, 0.3) is 11.5 Å². The van der Waals surface area contributed by atoms with Crippen LogP contribution in [0, 0.1) is 5.92 Å². The van der Waals surface area contributed by atoms with Crippen molar-refractivity contribution in [3.05, 3.63) is 30.2 Å². The first-order valence-corrected chi connectivity index (χ1v) is 11.7. The predicted molar refractivity (Wildman–Crippen MR) is 122 cm³/mol. The quantitative estimate of drug-likeness (QED) is 0.486. The molecule has 0 atom stereocenters. The van der Waals surface area contributed by atoms with Gasteiger partial charge in [-0.05, 0) is 18.8 Å². The van der Waals surface area contributed by atoms with Crippen molar-refractivity contribution in [2.45, 2.75) is 19.4 Å². The molecule has 2 saturated heterocycles. The summed E-state index contributed by atoms with van der Waals surface area (Å²) in [6.45, 7) is 4.62. The fourth-order valence-electron chi connectivity index (χ4n) is 3.86. The Labute approximate surface area is 201 Å². The van der Waals surface area contributed by atoms with Gasteiger partial charge in [0.05, 0.1) is 38.9 Å². The number of hydrogen-bond donors (Lipinski definition) is 1. The summed E-state index contributed by atoms with van der Waals surface area (Å²) in [5.74, 6) is 0.969. The van der Waals surface area contributed by atoms with Crippen molar-refractivity contribution in [1.29, 1.82) is 0 Å². The number of aromatic nitrogens is 6. The van der Waals surface area contributed by atoms with Gasteiger partial charge in [0, 0.05) is 39.4 Å². The Morgan fingerprint density at radius 3 is 2.71 bits per heavy atom. The molecule has 5 heterocycles. The van der Waals surface area contributed by atoms with Gasteiger partial charge in [0.25, 0.3) is 5.91 Å². The van der Waals surface area contributed by atoms with Crippen LogP contribution in [-0.2, 0) is 23.1 Å². The van der Waals surface area contributed by atoms with Gasteiger partial charge in [-0.3, -0.25) is 4.79 Å². The minimum Gasteiger partial charge on any atom is -0.477 e. The number of morpholine rings is 1. The van der Waals surface area contributed by atoms with E-state index in [1.807, 2.05) is 11.9 Å². The van der Waals surface area contributed by atoms with E-state index in [0.717, 1.165) is 26.1 Å². The van der Waals surface area contributed by atoms with Crippen LogP contribution in [-0.4, -0.2) is 81.7 Å². The van der Waals surface area contributed by atoms with Crippen LogP contribution in [0.3, 0.4) is 0 Å². The Morgan fingerprint density at radius 2 is 1.94 bits per heavy atom. The average Bonchev–Trinajstić information content (AvgIpc) is 3.56. The van der Waals surface area contributed by atoms with Crippen molar-refractivity contribution >= 4 is 11.9 Å². The molecule has 1 amide bonds. The molecule has 0 saturated carbocycles. The maximum atomic E-state index is 13.0. The number of rotatable bonds is 8. The first-order chi connectivity index (χ1) is 17.2. The Balaban J connectivity index is 1.28. The molecule has 1 N–H and O–H groups in total. The molecule has 0 spiro atoms. The lowest BCUT2D eigenvalue weighted by Crippen LogP contribution is -2.36. The van der Waals surface area contributed by atoms with E-state index in [-0.39, 0.29) is 12.2 Å². The smallest absolute Gasteiger partial charge is 0.318 e. The third-order valence-electron chi connectivity index (χ3n) is 5.93. The number of anilines is 1. The van der Waals surface area contributed by atoms with E-state index in [4.69, 9.17) is 18.6 Å². The standard InChI is InChI=1S/C22H28N8O5/c1-29-14-23-11-17(29)20-25-16(10-18(26-20)34-13-15-2-6-32-7-3-15)21(31)24-12-19-27-28-22(35-19)30-4-8-33-9-5-30/h10-11,14-15H,2-9,12-13H2,1H3,(H,24,31). The molecule has 13 nitrogen and oxygen atoms in total. The molecule has 3 aromatic heterocycles. The second kappa shape index (κ2) is 10.8. The van der Waals surface area contributed by atoms with Crippen LogP contribution in [0.2, 0.25) is 0 Å². The lowest BCUT2D eigenvalue weighted by atomic mass is 10.0. The molecule has 2 aliphatic heterocycles. The highest BCUT2D eigenvalue weighted by Crippen LogP contribution is 2.21. The summed E-state index contributed by atoms with van der Waals surface area (Å²) in [6, 6.07) is 1.96. The Morgan fingerprint density at radius 1 is 1.14 bits per heavy atom.